The van der Waals surface area contributed by atoms with Gasteiger partial charge in [0.15, 0.2) is 0 Å². The Kier molecular flexibility index (Phi) is 3.82. The van der Waals surface area contributed by atoms with Gasteiger partial charge in [0.1, 0.15) is 5.82 Å². The Morgan fingerprint density at radius 3 is 2.88 bits per heavy atom. The number of benzene rings is 1. The van der Waals surface area contributed by atoms with Crippen LogP contribution in [0.1, 0.15) is 31.2 Å². The molecule has 1 aromatic rings. The van der Waals surface area contributed by atoms with Crippen molar-refractivity contribution in [2.75, 3.05) is 0 Å². The molecule has 0 aliphatic heterocycles. The molecule has 1 aliphatic rings. The third kappa shape index (κ3) is 3.19. The minimum absolute atomic E-state index is 0.174. The summed E-state index contributed by atoms with van der Waals surface area (Å²) in [5.74, 6) is 0.269. The molecular formula is C13H16ClFO. The quantitative estimate of drug-likeness (QED) is 0.837. The summed E-state index contributed by atoms with van der Waals surface area (Å²) in [5.41, 5.74) is 0.838. The lowest BCUT2D eigenvalue weighted by Crippen LogP contribution is -2.09. The third-order valence-corrected chi connectivity index (χ3v) is 3.49. The van der Waals surface area contributed by atoms with E-state index in [4.69, 9.17) is 11.6 Å². The molecule has 0 heterocycles. The number of hydrogen-bond acceptors (Lipinski definition) is 1. The average molecular weight is 243 g/mol. The highest BCUT2D eigenvalue weighted by Gasteiger charge is 2.28. The smallest absolute Gasteiger partial charge is 0.123 e. The maximum Gasteiger partial charge on any atom is 0.123 e. The molecule has 0 saturated heterocycles. The zero-order valence-electron chi connectivity index (χ0n) is 9.13. The molecule has 1 unspecified atom stereocenters. The number of halogens is 2. The lowest BCUT2D eigenvalue weighted by Gasteiger charge is -2.09. The van der Waals surface area contributed by atoms with Crippen LogP contribution in [0, 0.1) is 11.7 Å². The second kappa shape index (κ2) is 5.15. The lowest BCUT2D eigenvalue weighted by molar-refractivity contribution is 0.139. The van der Waals surface area contributed by atoms with Gasteiger partial charge in [-0.25, -0.2) is 4.39 Å². The normalized spacial score (nSPS) is 17.4. The molecule has 0 spiro atoms. The monoisotopic (exact) mass is 242 g/mol. The second-order valence-corrected chi connectivity index (χ2v) is 4.94. The van der Waals surface area contributed by atoms with Gasteiger partial charge in [0.2, 0.25) is 0 Å². The summed E-state index contributed by atoms with van der Waals surface area (Å²) in [6.07, 6.45) is 4.52. The van der Waals surface area contributed by atoms with E-state index in [1.54, 1.807) is 6.07 Å². The first-order valence-electron chi connectivity index (χ1n) is 5.79. The molecule has 1 aliphatic carbocycles. The minimum Gasteiger partial charge on any atom is -0.393 e. The first kappa shape index (κ1) is 11.9. The Morgan fingerprint density at radius 2 is 2.19 bits per heavy atom. The summed E-state index contributed by atoms with van der Waals surface area (Å²) in [7, 11) is 0. The van der Waals surface area contributed by atoms with Crippen LogP contribution in [-0.2, 0) is 6.42 Å². The van der Waals surface area contributed by atoms with Crippen LogP contribution in [0.5, 0.6) is 0 Å². The molecule has 2 rings (SSSR count). The number of aliphatic hydroxyl groups is 1. The number of rotatable bonds is 5. The van der Waals surface area contributed by atoms with Gasteiger partial charge in [-0.2, -0.15) is 0 Å². The first-order valence-corrected chi connectivity index (χ1v) is 6.16. The van der Waals surface area contributed by atoms with Crippen LogP contribution in [-0.4, -0.2) is 11.2 Å². The van der Waals surface area contributed by atoms with Gasteiger partial charge in [0.05, 0.1) is 6.10 Å². The Labute approximate surface area is 100 Å². The van der Waals surface area contributed by atoms with E-state index in [0.29, 0.717) is 10.9 Å². The molecule has 1 fully saturated rings. The maximum absolute atomic E-state index is 13.0. The lowest BCUT2D eigenvalue weighted by atomic mass is 10.0. The summed E-state index contributed by atoms with van der Waals surface area (Å²) in [6.45, 7) is 0. The predicted octanol–water partition coefficient (Wildman–Crippen LogP) is 3.57. The standard InChI is InChI=1S/C13H16ClFO/c14-12-7-6-11(15)8-10(12)2-1-3-13(16)9-4-5-9/h6-9,13,16H,1-5H2. The highest BCUT2D eigenvalue weighted by molar-refractivity contribution is 6.31. The van der Waals surface area contributed by atoms with Crippen LogP contribution < -0.4 is 0 Å². The zero-order valence-corrected chi connectivity index (χ0v) is 9.88. The summed E-state index contributed by atoms with van der Waals surface area (Å²) in [6, 6.07) is 4.43. The van der Waals surface area contributed by atoms with E-state index in [2.05, 4.69) is 0 Å². The van der Waals surface area contributed by atoms with Gasteiger partial charge in [-0.1, -0.05) is 11.6 Å². The van der Waals surface area contributed by atoms with Crippen molar-refractivity contribution < 1.29 is 9.50 Å². The van der Waals surface area contributed by atoms with Gasteiger partial charge in [-0.05, 0) is 61.8 Å². The average Bonchev–Trinajstić information content (AvgIpc) is 3.06. The minimum atomic E-state index is -0.248. The fraction of sp³-hybridized carbons (Fsp3) is 0.538. The van der Waals surface area contributed by atoms with E-state index in [1.165, 1.54) is 12.1 Å². The van der Waals surface area contributed by atoms with Crippen molar-refractivity contribution in [2.45, 2.75) is 38.2 Å². The highest BCUT2D eigenvalue weighted by Crippen LogP contribution is 2.34. The Bertz CT molecular complexity index is 363. The predicted molar refractivity (Wildman–Crippen MR) is 63.1 cm³/mol. The first-order chi connectivity index (χ1) is 7.66. The largest absolute Gasteiger partial charge is 0.393 e. The molecule has 16 heavy (non-hydrogen) atoms. The second-order valence-electron chi connectivity index (χ2n) is 4.53. The van der Waals surface area contributed by atoms with Gasteiger partial charge in [0, 0.05) is 5.02 Å². The van der Waals surface area contributed by atoms with Crippen molar-refractivity contribution in [2.24, 2.45) is 5.92 Å². The molecular weight excluding hydrogens is 227 g/mol. The maximum atomic E-state index is 13.0. The van der Waals surface area contributed by atoms with Gasteiger partial charge >= 0.3 is 0 Å². The van der Waals surface area contributed by atoms with Gasteiger partial charge in [-0.3, -0.25) is 0 Å². The van der Waals surface area contributed by atoms with Crippen molar-refractivity contribution >= 4 is 11.6 Å². The van der Waals surface area contributed by atoms with Gasteiger partial charge in [-0.15, -0.1) is 0 Å². The number of aryl methyl sites for hydroxylation is 1. The fourth-order valence-corrected chi connectivity index (χ4v) is 2.17. The van der Waals surface area contributed by atoms with Gasteiger partial charge in [0.25, 0.3) is 0 Å². The zero-order chi connectivity index (χ0) is 11.5. The Hall–Kier alpha value is -0.600. The van der Waals surface area contributed by atoms with Crippen molar-refractivity contribution in [3.63, 3.8) is 0 Å². The fourth-order valence-electron chi connectivity index (χ4n) is 1.95. The molecule has 0 bridgehead atoms. The summed E-state index contributed by atoms with van der Waals surface area (Å²) in [4.78, 5) is 0. The van der Waals surface area contributed by atoms with Crippen molar-refractivity contribution in [1.82, 2.24) is 0 Å². The molecule has 1 nitrogen and oxygen atoms in total. The summed E-state index contributed by atoms with van der Waals surface area (Å²) < 4.78 is 13.0. The van der Waals surface area contributed by atoms with Crippen LogP contribution in [0.3, 0.4) is 0 Å². The Balaban J connectivity index is 1.81. The molecule has 1 aromatic carbocycles. The molecule has 0 aromatic heterocycles. The van der Waals surface area contributed by atoms with Crippen LogP contribution in [0.4, 0.5) is 4.39 Å². The van der Waals surface area contributed by atoms with E-state index in [1.807, 2.05) is 0 Å². The molecule has 1 atom stereocenters. The van der Waals surface area contributed by atoms with E-state index in [-0.39, 0.29) is 11.9 Å². The third-order valence-electron chi connectivity index (χ3n) is 3.12. The van der Waals surface area contributed by atoms with Crippen LogP contribution in [0.2, 0.25) is 5.02 Å². The summed E-state index contributed by atoms with van der Waals surface area (Å²) >= 11 is 5.96. The molecule has 3 heteroatoms. The molecule has 88 valence electrons. The van der Waals surface area contributed by atoms with E-state index < -0.39 is 0 Å². The number of aliphatic hydroxyl groups excluding tert-OH is 1. The van der Waals surface area contributed by atoms with Crippen molar-refractivity contribution in [3.05, 3.63) is 34.6 Å². The van der Waals surface area contributed by atoms with Gasteiger partial charge < -0.3 is 5.11 Å². The van der Waals surface area contributed by atoms with E-state index in [0.717, 1.165) is 37.7 Å². The van der Waals surface area contributed by atoms with E-state index in [9.17, 15) is 9.50 Å². The SMILES string of the molecule is OC(CCCc1cc(F)ccc1Cl)C1CC1. The topological polar surface area (TPSA) is 20.2 Å². The molecule has 0 radical (unpaired) electrons. The van der Waals surface area contributed by atoms with Crippen LogP contribution in [0.25, 0.3) is 0 Å². The molecule has 0 amide bonds. The Morgan fingerprint density at radius 1 is 1.44 bits per heavy atom. The van der Waals surface area contributed by atoms with Crippen molar-refractivity contribution in [3.8, 4) is 0 Å². The van der Waals surface area contributed by atoms with Crippen LogP contribution in [0.15, 0.2) is 18.2 Å². The van der Waals surface area contributed by atoms with Crippen LogP contribution >= 0.6 is 11.6 Å². The molecule has 1 N–H and O–H groups in total. The van der Waals surface area contributed by atoms with Crippen molar-refractivity contribution in [1.29, 1.82) is 0 Å². The molecule has 1 saturated carbocycles. The number of hydrogen-bond donors (Lipinski definition) is 1. The summed E-state index contributed by atoms with van der Waals surface area (Å²) in [5, 5.41) is 10.3. The highest BCUT2D eigenvalue weighted by atomic mass is 35.5. The van der Waals surface area contributed by atoms with E-state index >= 15 is 0 Å².